The molecule has 0 aliphatic rings. The molecule has 0 fully saturated rings. The molecule has 0 atom stereocenters. The number of nitrogens with zero attached hydrogens (tertiary/aromatic N) is 1. The van der Waals surface area contributed by atoms with Crippen molar-refractivity contribution in [3.8, 4) is 17.2 Å². The number of halogens is 1. The molecule has 148 valence electrons. The van der Waals surface area contributed by atoms with E-state index in [0.717, 1.165) is 5.56 Å². The predicted octanol–water partition coefficient (Wildman–Crippen LogP) is 4.40. The smallest absolute Gasteiger partial charge is 0.271 e. The number of hydrogen-bond donors (Lipinski definition) is 2. The largest absolute Gasteiger partial charge is 0.504 e. The number of hydrazone groups is 1. The van der Waals surface area contributed by atoms with Crippen molar-refractivity contribution in [2.24, 2.45) is 5.10 Å². The standard InChI is InChI=1S/C22H19ClN2O4/c1-28-21-12-16(4-11-20(21)26)13-24-25-22(27)17-5-9-19(10-6-17)29-14-15-2-7-18(23)8-3-15/h2-13,26H,14H2,1H3,(H,25,27)/b24-13-. The van der Waals surface area contributed by atoms with Gasteiger partial charge in [-0.1, -0.05) is 23.7 Å². The van der Waals surface area contributed by atoms with Gasteiger partial charge in [0.2, 0.25) is 0 Å². The van der Waals surface area contributed by atoms with Crippen LogP contribution in [-0.4, -0.2) is 24.3 Å². The fourth-order valence-electron chi connectivity index (χ4n) is 2.45. The monoisotopic (exact) mass is 410 g/mol. The van der Waals surface area contributed by atoms with E-state index >= 15 is 0 Å². The van der Waals surface area contributed by atoms with Crippen molar-refractivity contribution in [2.45, 2.75) is 6.61 Å². The summed E-state index contributed by atoms with van der Waals surface area (Å²) in [5.41, 5.74) is 4.57. The second-order valence-electron chi connectivity index (χ2n) is 6.07. The number of phenolic OH excluding ortho intramolecular Hbond substituents is 1. The first kappa shape index (κ1) is 20.2. The fourth-order valence-corrected chi connectivity index (χ4v) is 2.58. The molecule has 0 aliphatic carbocycles. The molecule has 0 bridgehead atoms. The van der Waals surface area contributed by atoms with E-state index in [4.69, 9.17) is 21.1 Å². The summed E-state index contributed by atoms with van der Waals surface area (Å²) in [7, 11) is 1.46. The Labute approximate surface area is 173 Å². The van der Waals surface area contributed by atoms with E-state index in [1.165, 1.54) is 19.4 Å². The fraction of sp³-hybridized carbons (Fsp3) is 0.0909. The molecule has 0 radical (unpaired) electrons. The number of carbonyl (C=O) groups excluding carboxylic acids is 1. The van der Waals surface area contributed by atoms with E-state index in [0.29, 0.717) is 34.3 Å². The number of nitrogens with one attached hydrogen (secondary N) is 1. The summed E-state index contributed by atoms with van der Waals surface area (Å²) in [5, 5.41) is 14.2. The van der Waals surface area contributed by atoms with E-state index < -0.39 is 0 Å². The van der Waals surface area contributed by atoms with Gasteiger partial charge in [-0.2, -0.15) is 5.10 Å². The van der Waals surface area contributed by atoms with Crippen LogP contribution in [0.4, 0.5) is 0 Å². The molecule has 7 heteroatoms. The summed E-state index contributed by atoms with van der Waals surface area (Å²) in [6.45, 7) is 0.406. The van der Waals surface area contributed by atoms with Crippen molar-refractivity contribution in [2.75, 3.05) is 7.11 Å². The number of ether oxygens (including phenoxy) is 2. The van der Waals surface area contributed by atoms with Crippen molar-refractivity contribution in [3.05, 3.63) is 88.4 Å². The Bertz CT molecular complexity index is 1000. The zero-order valence-corrected chi connectivity index (χ0v) is 16.4. The molecule has 3 aromatic carbocycles. The zero-order valence-electron chi connectivity index (χ0n) is 15.6. The van der Waals surface area contributed by atoms with Gasteiger partial charge in [-0.25, -0.2) is 5.43 Å². The van der Waals surface area contributed by atoms with E-state index in [9.17, 15) is 9.90 Å². The lowest BCUT2D eigenvalue weighted by molar-refractivity contribution is 0.0955. The maximum atomic E-state index is 12.2. The molecular formula is C22H19ClN2O4. The van der Waals surface area contributed by atoms with Crippen LogP contribution in [0.2, 0.25) is 5.02 Å². The first-order chi connectivity index (χ1) is 14.0. The van der Waals surface area contributed by atoms with E-state index in [1.807, 2.05) is 24.3 Å². The number of carbonyl (C=O) groups is 1. The maximum absolute atomic E-state index is 12.2. The highest BCUT2D eigenvalue weighted by Crippen LogP contribution is 2.25. The predicted molar refractivity (Wildman–Crippen MR) is 112 cm³/mol. The van der Waals surface area contributed by atoms with Crippen molar-refractivity contribution in [3.63, 3.8) is 0 Å². The number of benzene rings is 3. The van der Waals surface area contributed by atoms with Crippen LogP contribution < -0.4 is 14.9 Å². The first-order valence-electron chi connectivity index (χ1n) is 8.73. The van der Waals surface area contributed by atoms with E-state index in [2.05, 4.69) is 10.5 Å². The number of aromatic hydroxyl groups is 1. The van der Waals surface area contributed by atoms with Crippen LogP contribution >= 0.6 is 11.6 Å². The lowest BCUT2D eigenvalue weighted by atomic mass is 10.2. The Morgan fingerprint density at radius 2 is 1.83 bits per heavy atom. The second-order valence-corrected chi connectivity index (χ2v) is 6.51. The molecule has 3 rings (SSSR count). The van der Waals surface area contributed by atoms with Crippen LogP contribution in [0.3, 0.4) is 0 Å². The molecule has 0 unspecified atom stereocenters. The maximum Gasteiger partial charge on any atom is 0.271 e. The van der Waals surface area contributed by atoms with Gasteiger partial charge in [0.15, 0.2) is 11.5 Å². The SMILES string of the molecule is COc1cc(/C=N\NC(=O)c2ccc(OCc3ccc(Cl)cc3)cc2)ccc1O. The highest BCUT2D eigenvalue weighted by Gasteiger charge is 2.05. The van der Waals surface area contributed by atoms with Crippen molar-refractivity contribution in [1.82, 2.24) is 5.43 Å². The highest BCUT2D eigenvalue weighted by atomic mass is 35.5. The Kier molecular flexibility index (Phi) is 6.71. The van der Waals surface area contributed by atoms with Gasteiger partial charge in [0.05, 0.1) is 13.3 Å². The summed E-state index contributed by atoms with van der Waals surface area (Å²) in [6, 6.07) is 18.9. The van der Waals surface area contributed by atoms with E-state index in [1.54, 1.807) is 36.4 Å². The third-order valence-corrected chi connectivity index (χ3v) is 4.27. The number of amides is 1. The summed E-state index contributed by atoms with van der Waals surface area (Å²) in [5.74, 6) is 0.661. The van der Waals surface area contributed by atoms with Crippen LogP contribution in [0, 0.1) is 0 Å². The molecule has 3 aromatic rings. The Morgan fingerprint density at radius 1 is 1.10 bits per heavy atom. The van der Waals surface area contributed by atoms with Gasteiger partial charge in [-0.15, -0.1) is 0 Å². The van der Waals surface area contributed by atoms with Gasteiger partial charge in [0.1, 0.15) is 12.4 Å². The molecule has 29 heavy (non-hydrogen) atoms. The van der Waals surface area contributed by atoms with Crippen LogP contribution in [0.5, 0.6) is 17.2 Å². The van der Waals surface area contributed by atoms with Gasteiger partial charge in [-0.05, 0) is 65.7 Å². The van der Waals surface area contributed by atoms with Crippen LogP contribution in [0.15, 0.2) is 71.8 Å². The molecule has 2 N–H and O–H groups in total. The van der Waals surface area contributed by atoms with Gasteiger partial charge >= 0.3 is 0 Å². The average molecular weight is 411 g/mol. The summed E-state index contributed by atoms with van der Waals surface area (Å²) in [4.78, 5) is 12.2. The molecule has 0 aromatic heterocycles. The Balaban J connectivity index is 1.54. The summed E-state index contributed by atoms with van der Waals surface area (Å²) in [6.07, 6.45) is 1.46. The molecule has 6 nitrogen and oxygen atoms in total. The third-order valence-electron chi connectivity index (χ3n) is 4.02. The van der Waals surface area contributed by atoms with Gasteiger partial charge in [-0.3, -0.25) is 4.79 Å². The van der Waals surface area contributed by atoms with Crippen LogP contribution in [0.1, 0.15) is 21.5 Å². The summed E-state index contributed by atoms with van der Waals surface area (Å²) >= 11 is 5.86. The number of hydrogen-bond acceptors (Lipinski definition) is 5. The number of rotatable bonds is 7. The molecule has 0 saturated carbocycles. The quantitative estimate of drug-likeness (QED) is 0.447. The highest BCUT2D eigenvalue weighted by molar-refractivity contribution is 6.30. The zero-order chi connectivity index (χ0) is 20.6. The number of methoxy groups -OCH3 is 1. The third kappa shape index (κ3) is 5.73. The van der Waals surface area contributed by atoms with Gasteiger partial charge < -0.3 is 14.6 Å². The normalized spacial score (nSPS) is 10.7. The minimum atomic E-state index is -0.351. The molecule has 0 heterocycles. The van der Waals surface area contributed by atoms with E-state index in [-0.39, 0.29) is 11.7 Å². The van der Waals surface area contributed by atoms with Crippen molar-refractivity contribution < 1.29 is 19.4 Å². The van der Waals surface area contributed by atoms with Crippen molar-refractivity contribution >= 4 is 23.7 Å². The minimum absolute atomic E-state index is 0.0343. The molecule has 0 aliphatic heterocycles. The molecule has 0 spiro atoms. The first-order valence-corrected chi connectivity index (χ1v) is 9.10. The second kappa shape index (κ2) is 9.61. The van der Waals surface area contributed by atoms with Crippen LogP contribution in [-0.2, 0) is 6.61 Å². The van der Waals surface area contributed by atoms with Crippen molar-refractivity contribution in [1.29, 1.82) is 0 Å². The lowest BCUT2D eigenvalue weighted by Crippen LogP contribution is -2.17. The Hall–Kier alpha value is -3.51. The number of phenols is 1. The average Bonchev–Trinajstić information content (AvgIpc) is 2.75. The molecular weight excluding hydrogens is 392 g/mol. The van der Waals surface area contributed by atoms with Gasteiger partial charge in [0, 0.05) is 10.6 Å². The van der Waals surface area contributed by atoms with Crippen LogP contribution in [0.25, 0.3) is 0 Å². The Morgan fingerprint density at radius 3 is 2.52 bits per heavy atom. The summed E-state index contributed by atoms with van der Waals surface area (Å²) < 4.78 is 10.7. The topological polar surface area (TPSA) is 80.2 Å². The molecule has 0 saturated heterocycles. The minimum Gasteiger partial charge on any atom is -0.504 e. The van der Waals surface area contributed by atoms with Gasteiger partial charge in [0.25, 0.3) is 5.91 Å². The molecule has 1 amide bonds. The lowest BCUT2D eigenvalue weighted by Gasteiger charge is -2.07.